The lowest BCUT2D eigenvalue weighted by Gasteiger charge is -2.10. The molecule has 2 aromatic rings. The molecule has 0 radical (unpaired) electrons. The topological polar surface area (TPSA) is 85.1 Å². The molecule has 0 saturated carbocycles. The molecule has 3 N–H and O–H groups in total. The molecule has 0 aliphatic carbocycles. The summed E-state index contributed by atoms with van der Waals surface area (Å²) in [4.78, 5) is 3.84. The van der Waals surface area contributed by atoms with Crippen LogP contribution in [-0.2, 0) is 10.0 Å². The van der Waals surface area contributed by atoms with Gasteiger partial charge in [-0.05, 0) is 30.7 Å². The predicted molar refractivity (Wildman–Crippen MR) is 80.7 cm³/mol. The number of nitrogen functional groups attached to an aromatic ring is 1. The van der Waals surface area contributed by atoms with E-state index in [9.17, 15) is 8.42 Å². The molecule has 1 aromatic carbocycles. The Bertz CT molecular complexity index is 740. The molecule has 0 fully saturated rings. The van der Waals surface area contributed by atoms with Crippen molar-refractivity contribution in [2.24, 2.45) is 0 Å². The van der Waals surface area contributed by atoms with Gasteiger partial charge in [-0.15, -0.1) is 0 Å². The van der Waals surface area contributed by atoms with Crippen LogP contribution in [0.3, 0.4) is 0 Å². The monoisotopic (exact) mass is 331 g/mol. The first kappa shape index (κ1) is 14.9. The fourth-order valence-electron chi connectivity index (χ4n) is 1.49. The SMILES string of the molecule is Cc1c(N)cc(S(=O)(=O)Nc2cc(Cl)ccn2)cc1Cl. The number of nitrogens with one attached hydrogen (secondary N) is 1. The minimum Gasteiger partial charge on any atom is -0.398 e. The van der Waals surface area contributed by atoms with Crippen LogP contribution < -0.4 is 10.5 Å². The summed E-state index contributed by atoms with van der Waals surface area (Å²) in [6.07, 6.45) is 1.40. The van der Waals surface area contributed by atoms with Crippen LogP contribution in [-0.4, -0.2) is 13.4 Å². The second-order valence-electron chi connectivity index (χ2n) is 4.08. The van der Waals surface area contributed by atoms with Gasteiger partial charge in [-0.25, -0.2) is 13.4 Å². The zero-order valence-corrected chi connectivity index (χ0v) is 12.7. The largest absolute Gasteiger partial charge is 0.398 e. The average Bonchev–Trinajstić information content (AvgIpc) is 2.34. The Morgan fingerprint density at radius 1 is 1.25 bits per heavy atom. The van der Waals surface area contributed by atoms with Crippen LogP contribution in [0.25, 0.3) is 0 Å². The van der Waals surface area contributed by atoms with E-state index in [1.807, 2.05) is 0 Å². The molecule has 0 saturated heterocycles. The molecule has 1 aromatic heterocycles. The summed E-state index contributed by atoms with van der Waals surface area (Å²) in [6, 6.07) is 5.62. The summed E-state index contributed by atoms with van der Waals surface area (Å²) in [7, 11) is -3.83. The Morgan fingerprint density at radius 2 is 1.95 bits per heavy atom. The Hall–Kier alpha value is -1.50. The van der Waals surface area contributed by atoms with Gasteiger partial charge in [0.15, 0.2) is 0 Å². The Balaban J connectivity index is 2.41. The van der Waals surface area contributed by atoms with Crippen LogP contribution in [0.2, 0.25) is 10.0 Å². The number of hydrogen-bond donors (Lipinski definition) is 2. The molecule has 0 spiro atoms. The van der Waals surface area contributed by atoms with E-state index in [2.05, 4.69) is 9.71 Å². The van der Waals surface area contributed by atoms with Gasteiger partial charge in [-0.3, -0.25) is 4.72 Å². The number of aromatic nitrogens is 1. The van der Waals surface area contributed by atoms with Gasteiger partial charge in [-0.2, -0.15) is 0 Å². The molecule has 2 rings (SSSR count). The molecular weight excluding hydrogens is 321 g/mol. The number of hydrogen-bond acceptors (Lipinski definition) is 4. The normalized spacial score (nSPS) is 11.3. The summed E-state index contributed by atoms with van der Waals surface area (Å²) in [5, 5.41) is 0.656. The van der Waals surface area contributed by atoms with Crippen LogP contribution in [0.1, 0.15) is 5.56 Å². The minimum absolute atomic E-state index is 0.0348. The van der Waals surface area contributed by atoms with E-state index in [1.165, 1.54) is 24.4 Å². The number of halogens is 2. The van der Waals surface area contributed by atoms with Crippen LogP contribution in [0.4, 0.5) is 11.5 Å². The molecule has 5 nitrogen and oxygen atoms in total. The zero-order valence-electron chi connectivity index (χ0n) is 10.4. The molecule has 0 aliphatic rings. The van der Waals surface area contributed by atoms with Crippen LogP contribution >= 0.6 is 23.2 Å². The fraction of sp³-hybridized carbons (Fsp3) is 0.0833. The van der Waals surface area contributed by atoms with Crippen LogP contribution in [0.5, 0.6) is 0 Å². The number of anilines is 2. The van der Waals surface area contributed by atoms with E-state index in [0.29, 0.717) is 16.3 Å². The number of pyridine rings is 1. The van der Waals surface area contributed by atoms with Gasteiger partial charge in [0.25, 0.3) is 10.0 Å². The third-order valence-electron chi connectivity index (χ3n) is 2.63. The molecule has 0 atom stereocenters. The smallest absolute Gasteiger partial charge is 0.263 e. The molecular formula is C12H11Cl2N3O2S. The first-order chi connectivity index (χ1) is 9.29. The van der Waals surface area contributed by atoms with E-state index < -0.39 is 10.0 Å². The maximum Gasteiger partial charge on any atom is 0.263 e. The van der Waals surface area contributed by atoms with Crippen molar-refractivity contribution in [2.45, 2.75) is 11.8 Å². The number of sulfonamides is 1. The summed E-state index contributed by atoms with van der Waals surface area (Å²) in [5.74, 6) is 0.118. The highest BCUT2D eigenvalue weighted by Gasteiger charge is 2.17. The number of nitrogens with zero attached hydrogens (tertiary/aromatic N) is 1. The first-order valence-corrected chi connectivity index (χ1v) is 7.73. The molecule has 20 heavy (non-hydrogen) atoms. The highest BCUT2D eigenvalue weighted by Crippen LogP contribution is 2.27. The highest BCUT2D eigenvalue weighted by atomic mass is 35.5. The molecule has 8 heteroatoms. The van der Waals surface area contributed by atoms with E-state index >= 15 is 0 Å². The van der Waals surface area contributed by atoms with Gasteiger partial charge in [0.05, 0.1) is 4.90 Å². The van der Waals surface area contributed by atoms with Gasteiger partial charge < -0.3 is 5.73 Å². The summed E-state index contributed by atoms with van der Waals surface area (Å²) >= 11 is 11.7. The summed E-state index contributed by atoms with van der Waals surface area (Å²) < 4.78 is 26.8. The van der Waals surface area contributed by atoms with Gasteiger partial charge in [0, 0.05) is 28.0 Å². The van der Waals surface area contributed by atoms with Crippen molar-refractivity contribution in [2.75, 3.05) is 10.5 Å². The summed E-state index contributed by atoms with van der Waals surface area (Å²) in [5.41, 5.74) is 6.66. The number of benzene rings is 1. The molecule has 0 unspecified atom stereocenters. The molecule has 106 valence electrons. The third kappa shape index (κ3) is 3.15. The van der Waals surface area contributed by atoms with Crippen molar-refractivity contribution in [3.8, 4) is 0 Å². The Kier molecular flexibility index (Phi) is 4.08. The first-order valence-electron chi connectivity index (χ1n) is 5.49. The van der Waals surface area contributed by atoms with Crippen molar-refractivity contribution in [1.82, 2.24) is 4.98 Å². The molecule has 0 amide bonds. The molecule has 0 aliphatic heterocycles. The van der Waals surface area contributed by atoms with Crippen molar-refractivity contribution in [3.05, 3.63) is 46.1 Å². The zero-order chi connectivity index (χ0) is 14.9. The maximum atomic E-state index is 12.2. The van der Waals surface area contributed by atoms with Crippen LogP contribution in [0.15, 0.2) is 35.4 Å². The Labute approximate surface area is 126 Å². The van der Waals surface area contributed by atoms with E-state index in [0.717, 1.165) is 0 Å². The minimum atomic E-state index is -3.83. The standard InChI is InChI=1S/C12H11Cl2N3O2S/c1-7-10(14)5-9(6-11(7)15)20(18,19)17-12-4-8(13)2-3-16-12/h2-6H,15H2,1H3,(H,16,17). The predicted octanol–water partition coefficient (Wildman–Crippen LogP) is 3.08. The lowest BCUT2D eigenvalue weighted by Crippen LogP contribution is -2.14. The van der Waals surface area contributed by atoms with Crippen molar-refractivity contribution < 1.29 is 8.42 Å². The van der Waals surface area contributed by atoms with Gasteiger partial charge in [0.2, 0.25) is 0 Å². The quantitative estimate of drug-likeness (QED) is 0.846. The second kappa shape index (κ2) is 5.47. The number of nitrogens with two attached hydrogens (primary N) is 1. The van der Waals surface area contributed by atoms with Crippen molar-refractivity contribution in [3.63, 3.8) is 0 Å². The Morgan fingerprint density at radius 3 is 2.55 bits per heavy atom. The van der Waals surface area contributed by atoms with E-state index in [-0.39, 0.29) is 15.7 Å². The van der Waals surface area contributed by atoms with Gasteiger partial charge in [0.1, 0.15) is 5.82 Å². The van der Waals surface area contributed by atoms with E-state index in [4.69, 9.17) is 28.9 Å². The highest BCUT2D eigenvalue weighted by molar-refractivity contribution is 7.92. The van der Waals surface area contributed by atoms with Gasteiger partial charge in [-0.1, -0.05) is 23.2 Å². The molecule has 1 heterocycles. The van der Waals surface area contributed by atoms with E-state index in [1.54, 1.807) is 13.0 Å². The third-order valence-corrected chi connectivity index (χ3v) is 4.59. The number of rotatable bonds is 3. The second-order valence-corrected chi connectivity index (χ2v) is 6.61. The fourth-order valence-corrected chi connectivity index (χ4v) is 3.00. The van der Waals surface area contributed by atoms with Crippen LogP contribution in [0, 0.1) is 6.92 Å². The van der Waals surface area contributed by atoms with Gasteiger partial charge >= 0.3 is 0 Å². The maximum absolute atomic E-state index is 12.2. The van der Waals surface area contributed by atoms with Crippen molar-refractivity contribution in [1.29, 1.82) is 0 Å². The average molecular weight is 332 g/mol. The summed E-state index contributed by atoms with van der Waals surface area (Å²) in [6.45, 7) is 1.71. The molecule has 0 bridgehead atoms. The lowest BCUT2D eigenvalue weighted by atomic mass is 10.2. The van der Waals surface area contributed by atoms with Crippen molar-refractivity contribution >= 4 is 44.7 Å². The lowest BCUT2D eigenvalue weighted by molar-refractivity contribution is 0.601.